The van der Waals surface area contributed by atoms with E-state index in [0.29, 0.717) is 5.82 Å². The van der Waals surface area contributed by atoms with E-state index in [2.05, 4.69) is 211 Å². The molecule has 0 N–H and O–H groups in total. The molecule has 280 valence electrons. The summed E-state index contributed by atoms with van der Waals surface area (Å²) in [6, 6.07) is 73.1. The molecule has 0 saturated heterocycles. The molecule has 0 aliphatic carbocycles. The van der Waals surface area contributed by atoms with Crippen LogP contribution < -0.4 is 0 Å². The van der Waals surface area contributed by atoms with E-state index in [-0.39, 0.29) is 0 Å². The standard InChI is InChI=1S/C55H34N4S/c1-2-14-35(15-3-1)38-16-12-17-39(32-38)48-34-47(56-54(57-48)40-18-13-19-41(33-40)59-49-25-9-6-20-42(49)43-21-7-10-26-50(43)59)36-28-30-37(31-29-36)53-45-23-5-4-22-44(45)52-46-24-8-11-27-51(46)60-55(52)58-53/h1-34H. The minimum absolute atomic E-state index is 0.669. The number of aromatic nitrogens is 4. The predicted octanol–water partition coefficient (Wildman–Crippen LogP) is 14.8. The van der Waals surface area contributed by atoms with Gasteiger partial charge in [-0.15, -0.1) is 11.3 Å². The van der Waals surface area contributed by atoms with E-state index >= 15 is 0 Å². The highest BCUT2D eigenvalue weighted by atomic mass is 32.1. The second-order valence-corrected chi connectivity index (χ2v) is 16.2. The van der Waals surface area contributed by atoms with Crippen LogP contribution in [0.4, 0.5) is 0 Å². The van der Waals surface area contributed by atoms with Crippen molar-refractivity contribution >= 4 is 64.2 Å². The number of fused-ring (bicyclic) bond motifs is 8. The van der Waals surface area contributed by atoms with Crippen molar-refractivity contribution in [3.05, 3.63) is 206 Å². The summed E-state index contributed by atoms with van der Waals surface area (Å²) in [6.07, 6.45) is 0. The van der Waals surface area contributed by atoms with Crippen LogP contribution in [-0.2, 0) is 0 Å². The Hall–Kier alpha value is -7.73. The third-order valence-electron chi connectivity index (χ3n) is 11.6. The summed E-state index contributed by atoms with van der Waals surface area (Å²) < 4.78 is 3.59. The molecule has 5 heteroatoms. The Balaban J connectivity index is 1.01. The van der Waals surface area contributed by atoms with Crippen LogP contribution in [0.25, 0.3) is 115 Å². The van der Waals surface area contributed by atoms with Gasteiger partial charge in [0.25, 0.3) is 0 Å². The van der Waals surface area contributed by atoms with Gasteiger partial charge in [0.2, 0.25) is 0 Å². The Bertz CT molecular complexity index is 3550. The van der Waals surface area contributed by atoms with E-state index in [1.54, 1.807) is 11.3 Å². The Morgan fingerprint density at radius 2 is 0.917 bits per heavy atom. The molecule has 4 heterocycles. The Kier molecular flexibility index (Phi) is 8.00. The Morgan fingerprint density at radius 1 is 0.350 bits per heavy atom. The lowest BCUT2D eigenvalue weighted by Crippen LogP contribution is -1.98. The maximum absolute atomic E-state index is 5.31. The fraction of sp³-hybridized carbons (Fsp3) is 0. The largest absolute Gasteiger partial charge is 0.309 e. The predicted molar refractivity (Wildman–Crippen MR) is 252 cm³/mol. The van der Waals surface area contributed by atoms with Gasteiger partial charge in [-0.25, -0.2) is 15.0 Å². The second-order valence-electron chi connectivity index (χ2n) is 15.2. The number of pyridine rings is 1. The Morgan fingerprint density at radius 3 is 1.68 bits per heavy atom. The molecule has 8 aromatic carbocycles. The van der Waals surface area contributed by atoms with Crippen molar-refractivity contribution in [2.24, 2.45) is 0 Å². The van der Waals surface area contributed by atoms with Gasteiger partial charge < -0.3 is 4.57 Å². The van der Waals surface area contributed by atoms with Gasteiger partial charge in [0, 0.05) is 59.6 Å². The van der Waals surface area contributed by atoms with E-state index in [9.17, 15) is 0 Å². The molecule has 0 fully saturated rings. The second kappa shape index (κ2) is 14.0. The quantitative estimate of drug-likeness (QED) is 0.169. The van der Waals surface area contributed by atoms with E-state index in [1.165, 1.54) is 37.2 Å². The maximum atomic E-state index is 5.31. The van der Waals surface area contributed by atoms with Gasteiger partial charge in [-0.3, -0.25) is 0 Å². The molecule has 0 saturated carbocycles. The van der Waals surface area contributed by atoms with Gasteiger partial charge in [-0.2, -0.15) is 0 Å². The minimum Gasteiger partial charge on any atom is -0.309 e. The lowest BCUT2D eigenvalue weighted by atomic mass is 9.98. The highest BCUT2D eigenvalue weighted by Gasteiger charge is 2.18. The number of para-hydroxylation sites is 2. The van der Waals surface area contributed by atoms with Crippen molar-refractivity contribution < 1.29 is 0 Å². The van der Waals surface area contributed by atoms with Crippen molar-refractivity contribution in [3.8, 4) is 62.0 Å². The van der Waals surface area contributed by atoms with Crippen LogP contribution in [0, 0.1) is 0 Å². The van der Waals surface area contributed by atoms with Gasteiger partial charge in [0.05, 0.1) is 28.1 Å². The topological polar surface area (TPSA) is 43.6 Å². The molecule has 60 heavy (non-hydrogen) atoms. The van der Waals surface area contributed by atoms with Crippen LogP contribution in [0.3, 0.4) is 0 Å². The van der Waals surface area contributed by atoms with Crippen molar-refractivity contribution in [1.82, 2.24) is 19.5 Å². The highest BCUT2D eigenvalue weighted by Crippen LogP contribution is 2.41. The lowest BCUT2D eigenvalue weighted by molar-refractivity contribution is 1.16. The average Bonchev–Trinajstić information content (AvgIpc) is 3.88. The van der Waals surface area contributed by atoms with Crippen LogP contribution in [-0.4, -0.2) is 19.5 Å². The van der Waals surface area contributed by atoms with Gasteiger partial charge >= 0.3 is 0 Å². The molecule has 0 atom stereocenters. The van der Waals surface area contributed by atoms with Crippen LogP contribution in [0.1, 0.15) is 0 Å². The van der Waals surface area contributed by atoms with Crippen LogP contribution in [0.2, 0.25) is 0 Å². The molecule has 0 aliphatic heterocycles. The summed E-state index contributed by atoms with van der Waals surface area (Å²) >= 11 is 1.76. The summed E-state index contributed by atoms with van der Waals surface area (Å²) in [4.78, 5) is 17.0. The SMILES string of the molecule is c1ccc(-c2cccc(-c3cc(-c4ccc(-c5nc6sc7ccccc7c6c6ccccc56)cc4)nc(-c4cccc(-n5c6ccccc6c6ccccc65)c4)n3)c2)cc1. The smallest absolute Gasteiger partial charge is 0.160 e. The zero-order valence-corrected chi connectivity index (χ0v) is 33.1. The van der Waals surface area contributed by atoms with Gasteiger partial charge in [-0.1, -0.05) is 164 Å². The minimum atomic E-state index is 0.669. The maximum Gasteiger partial charge on any atom is 0.160 e. The van der Waals surface area contributed by atoms with E-state index < -0.39 is 0 Å². The van der Waals surface area contributed by atoms with Crippen LogP contribution in [0.5, 0.6) is 0 Å². The first-order chi connectivity index (χ1) is 29.7. The number of rotatable bonds is 6. The normalized spacial score (nSPS) is 11.7. The summed E-state index contributed by atoms with van der Waals surface area (Å²) in [7, 11) is 0. The van der Waals surface area contributed by atoms with Gasteiger partial charge in [0.15, 0.2) is 5.82 Å². The lowest BCUT2D eigenvalue weighted by Gasteiger charge is -2.13. The van der Waals surface area contributed by atoms with Crippen molar-refractivity contribution in [2.45, 2.75) is 0 Å². The molecule has 12 rings (SSSR count). The summed E-state index contributed by atoms with van der Waals surface area (Å²) in [5, 5.41) is 7.32. The van der Waals surface area contributed by atoms with Crippen molar-refractivity contribution in [1.29, 1.82) is 0 Å². The molecular weight excluding hydrogens is 749 g/mol. The molecule has 12 aromatic rings. The molecule has 0 amide bonds. The molecular formula is C55H34N4S. The monoisotopic (exact) mass is 782 g/mol. The number of benzene rings is 8. The summed E-state index contributed by atoms with van der Waals surface area (Å²) in [6.45, 7) is 0. The molecule has 0 radical (unpaired) electrons. The van der Waals surface area contributed by atoms with Crippen molar-refractivity contribution in [3.63, 3.8) is 0 Å². The highest BCUT2D eigenvalue weighted by molar-refractivity contribution is 7.25. The first-order valence-electron chi connectivity index (χ1n) is 20.2. The van der Waals surface area contributed by atoms with Gasteiger partial charge in [-0.05, 0) is 59.0 Å². The number of hydrogen-bond donors (Lipinski definition) is 0. The third-order valence-corrected chi connectivity index (χ3v) is 12.7. The average molecular weight is 783 g/mol. The van der Waals surface area contributed by atoms with E-state index in [4.69, 9.17) is 15.0 Å². The third kappa shape index (κ3) is 5.70. The fourth-order valence-electron chi connectivity index (χ4n) is 8.81. The zero-order valence-electron chi connectivity index (χ0n) is 32.3. The number of hydrogen-bond acceptors (Lipinski definition) is 4. The molecule has 0 aliphatic rings. The molecule has 0 unspecified atom stereocenters. The first-order valence-corrected chi connectivity index (χ1v) is 21.0. The molecule has 4 nitrogen and oxygen atoms in total. The Labute approximate surface area is 350 Å². The molecule has 0 bridgehead atoms. The van der Waals surface area contributed by atoms with Gasteiger partial charge in [0.1, 0.15) is 4.83 Å². The van der Waals surface area contributed by atoms with E-state index in [0.717, 1.165) is 71.8 Å². The van der Waals surface area contributed by atoms with Crippen molar-refractivity contribution in [2.75, 3.05) is 0 Å². The fourth-order valence-corrected chi connectivity index (χ4v) is 9.90. The van der Waals surface area contributed by atoms with E-state index in [1.807, 2.05) is 0 Å². The van der Waals surface area contributed by atoms with Crippen LogP contribution in [0.15, 0.2) is 206 Å². The summed E-state index contributed by atoms with van der Waals surface area (Å²) in [5.74, 6) is 0.669. The number of thiophene rings is 1. The zero-order chi connectivity index (χ0) is 39.6. The van der Waals surface area contributed by atoms with Crippen LogP contribution >= 0.6 is 11.3 Å². The summed E-state index contributed by atoms with van der Waals surface area (Å²) in [5.41, 5.74) is 12.5. The molecule has 0 spiro atoms. The number of nitrogens with zero attached hydrogens (tertiary/aromatic N) is 4. The molecule has 4 aromatic heterocycles. The first kappa shape index (κ1) is 34.3.